The number of ether oxygens (including phenoxy) is 3. The smallest absolute Gasteiger partial charge is 0.348 e. The van der Waals surface area contributed by atoms with Crippen molar-refractivity contribution in [3.63, 3.8) is 0 Å². The Morgan fingerprint density at radius 3 is 2.62 bits per heavy atom. The van der Waals surface area contributed by atoms with Crippen molar-refractivity contribution in [1.82, 2.24) is 0 Å². The minimum absolute atomic E-state index is 0.324. The molecule has 21 heavy (non-hydrogen) atoms. The van der Waals surface area contributed by atoms with E-state index in [9.17, 15) is 9.59 Å². The lowest BCUT2D eigenvalue weighted by molar-refractivity contribution is -0.186. The second kappa shape index (κ2) is 6.34. The first kappa shape index (κ1) is 16.3. The second-order valence-electron chi connectivity index (χ2n) is 6.74. The molecule has 1 unspecified atom stereocenters. The maximum atomic E-state index is 12.3. The summed E-state index contributed by atoms with van der Waals surface area (Å²) in [6.07, 6.45) is 3.59. The minimum atomic E-state index is -0.759. The van der Waals surface area contributed by atoms with Gasteiger partial charge in [0, 0.05) is 12.8 Å². The molecule has 0 amide bonds. The molecule has 0 N–H and O–H groups in total. The van der Waals surface area contributed by atoms with Crippen LogP contribution in [-0.4, -0.2) is 36.9 Å². The van der Waals surface area contributed by atoms with Crippen molar-refractivity contribution in [2.45, 2.75) is 71.0 Å². The summed E-state index contributed by atoms with van der Waals surface area (Å²) >= 11 is 0. The topological polar surface area (TPSA) is 61.8 Å². The summed E-state index contributed by atoms with van der Waals surface area (Å²) in [5, 5.41) is 0. The van der Waals surface area contributed by atoms with E-state index >= 15 is 0 Å². The fraction of sp³-hybridized carbons (Fsp3) is 0.875. The van der Waals surface area contributed by atoms with E-state index in [1.807, 2.05) is 20.8 Å². The summed E-state index contributed by atoms with van der Waals surface area (Å²) in [5.74, 6) is -0.718. The van der Waals surface area contributed by atoms with Crippen molar-refractivity contribution in [1.29, 1.82) is 0 Å². The molecule has 2 saturated heterocycles. The van der Waals surface area contributed by atoms with E-state index in [0.717, 1.165) is 25.7 Å². The van der Waals surface area contributed by atoms with Crippen LogP contribution in [0.2, 0.25) is 0 Å². The van der Waals surface area contributed by atoms with Crippen molar-refractivity contribution < 1.29 is 23.8 Å². The van der Waals surface area contributed by atoms with Crippen LogP contribution < -0.4 is 0 Å². The van der Waals surface area contributed by atoms with Crippen LogP contribution in [0.15, 0.2) is 0 Å². The summed E-state index contributed by atoms with van der Waals surface area (Å²) in [5.41, 5.74) is -0.973. The van der Waals surface area contributed by atoms with Crippen molar-refractivity contribution in [2.75, 3.05) is 13.2 Å². The monoisotopic (exact) mass is 298 g/mol. The van der Waals surface area contributed by atoms with Crippen LogP contribution in [0.1, 0.15) is 59.3 Å². The molecule has 2 rings (SSSR count). The molecular weight excluding hydrogens is 272 g/mol. The molecule has 2 aliphatic heterocycles. The van der Waals surface area contributed by atoms with Gasteiger partial charge in [-0.1, -0.05) is 6.92 Å². The Kier molecular flexibility index (Phi) is 4.91. The van der Waals surface area contributed by atoms with Crippen LogP contribution in [0.25, 0.3) is 0 Å². The summed E-state index contributed by atoms with van der Waals surface area (Å²) in [7, 11) is 0. The second-order valence-corrected chi connectivity index (χ2v) is 6.74. The van der Waals surface area contributed by atoms with E-state index in [4.69, 9.17) is 14.2 Å². The maximum absolute atomic E-state index is 12.3. The van der Waals surface area contributed by atoms with Crippen LogP contribution in [-0.2, 0) is 23.8 Å². The number of hydrogen-bond acceptors (Lipinski definition) is 5. The van der Waals surface area contributed by atoms with Crippen molar-refractivity contribution in [3.05, 3.63) is 0 Å². The van der Waals surface area contributed by atoms with E-state index in [0.29, 0.717) is 26.1 Å². The molecule has 5 heteroatoms. The average Bonchev–Trinajstić information content (AvgIpc) is 2.59. The zero-order valence-electron chi connectivity index (χ0n) is 13.3. The predicted molar refractivity (Wildman–Crippen MR) is 76.7 cm³/mol. The molecule has 0 aromatic carbocycles. The number of rotatable bonds is 3. The zero-order chi connectivity index (χ0) is 15.5. The lowest BCUT2D eigenvalue weighted by Crippen LogP contribution is -2.42. The predicted octanol–water partition coefficient (Wildman–Crippen LogP) is 2.61. The molecule has 2 heterocycles. The fourth-order valence-electron chi connectivity index (χ4n) is 2.69. The number of carbonyl (C=O) groups excluding carboxylic acids is 2. The van der Waals surface area contributed by atoms with Crippen LogP contribution in [0, 0.1) is 5.41 Å². The molecule has 2 aliphatic rings. The Hall–Kier alpha value is -1.10. The van der Waals surface area contributed by atoms with Gasteiger partial charge in [-0.15, -0.1) is 0 Å². The SMILES string of the molecule is CCC(C)(C)C(=O)OC1CCCC2(CCOCC2)OC1=O. The first-order valence-electron chi connectivity index (χ1n) is 7.90. The maximum Gasteiger partial charge on any atom is 0.348 e. The highest BCUT2D eigenvalue weighted by Crippen LogP contribution is 2.35. The van der Waals surface area contributed by atoms with E-state index in [-0.39, 0.29) is 5.97 Å². The Bertz CT molecular complexity index is 395. The Balaban J connectivity index is 2.00. The molecule has 0 bridgehead atoms. The molecule has 0 radical (unpaired) electrons. The van der Waals surface area contributed by atoms with Gasteiger partial charge in [0.25, 0.3) is 0 Å². The first-order chi connectivity index (χ1) is 9.88. The van der Waals surface area contributed by atoms with Gasteiger partial charge in [0.2, 0.25) is 0 Å². The minimum Gasteiger partial charge on any atom is -0.456 e. The molecule has 0 aromatic heterocycles. The largest absolute Gasteiger partial charge is 0.456 e. The Labute approximate surface area is 126 Å². The number of carbonyl (C=O) groups is 2. The van der Waals surface area contributed by atoms with Crippen LogP contribution >= 0.6 is 0 Å². The fourth-order valence-corrected chi connectivity index (χ4v) is 2.69. The van der Waals surface area contributed by atoms with Gasteiger partial charge in [0.1, 0.15) is 5.60 Å². The van der Waals surface area contributed by atoms with Gasteiger partial charge in [-0.3, -0.25) is 4.79 Å². The third-order valence-corrected chi connectivity index (χ3v) is 4.77. The van der Waals surface area contributed by atoms with Gasteiger partial charge in [0.05, 0.1) is 18.6 Å². The normalized spacial score (nSPS) is 26.0. The van der Waals surface area contributed by atoms with Crippen molar-refractivity contribution >= 4 is 11.9 Å². The highest BCUT2D eigenvalue weighted by atomic mass is 16.6. The molecule has 2 fully saturated rings. The standard InChI is InChI=1S/C16H26O5/c1-4-15(2,3)14(18)20-12-6-5-7-16(21-13(12)17)8-10-19-11-9-16/h12H,4-11H2,1-3H3. The summed E-state index contributed by atoms with van der Waals surface area (Å²) < 4.78 is 16.5. The van der Waals surface area contributed by atoms with Crippen LogP contribution in [0.3, 0.4) is 0 Å². The Morgan fingerprint density at radius 1 is 1.33 bits per heavy atom. The quantitative estimate of drug-likeness (QED) is 0.749. The highest BCUT2D eigenvalue weighted by molar-refractivity contribution is 5.82. The lowest BCUT2D eigenvalue weighted by Gasteiger charge is -2.35. The number of hydrogen-bond donors (Lipinski definition) is 0. The molecule has 0 aliphatic carbocycles. The average molecular weight is 298 g/mol. The molecule has 5 nitrogen and oxygen atoms in total. The highest BCUT2D eigenvalue weighted by Gasteiger charge is 2.42. The van der Waals surface area contributed by atoms with Gasteiger partial charge in [0.15, 0.2) is 6.10 Å². The molecule has 0 saturated carbocycles. The van der Waals surface area contributed by atoms with Crippen molar-refractivity contribution in [2.24, 2.45) is 5.41 Å². The van der Waals surface area contributed by atoms with Gasteiger partial charge in [-0.2, -0.15) is 0 Å². The van der Waals surface area contributed by atoms with Crippen molar-refractivity contribution in [3.8, 4) is 0 Å². The first-order valence-corrected chi connectivity index (χ1v) is 7.90. The van der Waals surface area contributed by atoms with Gasteiger partial charge < -0.3 is 14.2 Å². The van der Waals surface area contributed by atoms with E-state index < -0.39 is 23.1 Å². The molecule has 120 valence electrons. The van der Waals surface area contributed by atoms with Gasteiger partial charge >= 0.3 is 11.9 Å². The molecular formula is C16H26O5. The van der Waals surface area contributed by atoms with E-state index in [1.165, 1.54) is 0 Å². The molecule has 0 aromatic rings. The van der Waals surface area contributed by atoms with Crippen LogP contribution in [0.5, 0.6) is 0 Å². The molecule has 1 atom stereocenters. The third kappa shape index (κ3) is 3.76. The third-order valence-electron chi connectivity index (χ3n) is 4.77. The summed E-state index contributed by atoms with van der Waals surface area (Å²) in [4.78, 5) is 24.4. The van der Waals surface area contributed by atoms with Crippen LogP contribution in [0.4, 0.5) is 0 Å². The molecule has 1 spiro atoms. The zero-order valence-corrected chi connectivity index (χ0v) is 13.3. The summed E-state index contributed by atoms with van der Waals surface area (Å²) in [6, 6.07) is 0. The lowest BCUT2D eigenvalue weighted by atomic mass is 9.89. The van der Waals surface area contributed by atoms with Gasteiger partial charge in [-0.25, -0.2) is 4.79 Å². The van der Waals surface area contributed by atoms with Gasteiger partial charge in [-0.05, 0) is 39.5 Å². The Morgan fingerprint density at radius 2 is 2.00 bits per heavy atom. The summed E-state index contributed by atoms with van der Waals surface area (Å²) in [6.45, 7) is 6.85. The van der Waals surface area contributed by atoms with E-state index in [2.05, 4.69) is 0 Å². The number of esters is 2. The van der Waals surface area contributed by atoms with E-state index in [1.54, 1.807) is 0 Å².